The summed E-state index contributed by atoms with van der Waals surface area (Å²) in [6, 6.07) is 0.134. The summed E-state index contributed by atoms with van der Waals surface area (Å²) in [4.78, 5) is 0. The van der Waals surface area contributed by atoms with Crippen LogP contribution in [0.1, 0.15) is 43.1 Å². The summed E-state index contributed by atoms with van der Waals surface area (Å²) >= 11 is 1.74. The molecule has 110 valence electrons. The number of thiophene rings is 1. The molecular weight excluding hydrogens is 270 g/mol. The molecule has 1 N–H and O–H groups in total. The van der Waals surface area contributed by atoms with Crippen molar-refractivity contribution in [1.29, 1.82) is 0 Å². The van der Waals surface area contributed by atoms with Crippen LogP contribution in [0.4, 0.5) is 0 Å². The lowest BCUT2D eigenvalue weighted by Crippen LogP contribution is -2.25. The van der Waals surface area contributed by atoms with Crippen molar-refractivity contribution in [2.45, 2.75) is 39.8 Å². The van der Waals surface area contributed by atoms with E-state index in [1.165, 1.54) is 11.1 Å². The van der Waals surface area contributed by atoms with Crippen molar-refractivity contribution in [2.75, 3.05) is 13.7 Å². The molecule has 1 unspecified atom stereocenters. The Kier molecular flexibility index (Phi) is 5.20. The van der Waals surface area contributed by atoms with Crippen molar-refractivity contribution in [3.05, 3.63) is 33.8 Å². The molecule has 20 heavy (non-hydrogen) atoms. The predicted octanol–water partition coefficient (Wildman–Crippen LogP) is 3.37. The van der Waals surface area contributed by atoms with Gasteiger partial charge in [0.1, 0.15) is 5.69 Å². The van der Waals surface area contributed by atoms with Crippen LogP contribution >= 0.6 is 11.3 Å². The van der Waals surface area contributed by atoms with E-state index in [4.69, 9.17) is 4.74 Å². The lowest BCUT2D eigenvalue weighted by Gasteiger charge is -2.21. The van der Waals surface area contributed by atoms with E-state index in [1.807, 2.05) is 6.20 Å². The Balaban J connectivity index is 2.48. The molecule has 0 saturated heterocycles. The van der Waals surface area contributed by atoms with Gasteiger partial charge in [0.15, 0.2) is 5.75 Å². The van der Waals surface area contributed by atoms with Crippen LogP contribution in [0, 0.1) is 6.92 Å². The molecular formula is C15H23N3OS. The lowest BCUT2D eigenvalue weighted by atomic mass is 10.0. The van der Waals surface area contributed by atoms with Crippen molar-refractivity contribution in [3.8, 4) is 5.75 Å². The second-order valence-electron chi connectivity index (χ2n) is 4.82. The molecule has 2 heterocycles. The first-order valence-corrected chi connectivity index (χ1v) is 8.02. The van der Waals surface area contributed by atoms with Gasteiger partial charge in [-0.3, -0.25) is 4.68 Å². The Morgan fingerprint density at radius 1 is 1.40 bits per heavy atom. The van der Waals surface area contributed by atoms with Gasteiger partial charge in [-0.2, -0.15) is 16.4 Å². The summed E-state index contributed by atoms with van der Waals surface area (Å²) in [6.07, 6.45) is 2.87. The minimum atomic E-state index is 0.134. The molecule has 5 heteroatoms. The number of hydrogen-bond acceptors (Lipinski definition) is 4. The Morgan fingerprint density at radius 2 is 2.20 bits per heavy atom. The minimum Gasteiger partial charge on any atom is -0.493 e. The van der Waals surface area contributed by atoms with Gasteiger partial charge in [-0.05, 0) is 41.8 Å². The zero-order valence-electron chi connectivity index (χ0n) is 12.6. The Bertz CT molecular complexity index is 547. The molecule has 0 radical (unpaired) electrons. The summed E-state index contributed by atoms with van der Waals surface area (Å²) in [7, 11) is 1.71. The highest BCUT2D eigenvalue weighted by molar-refractivity contribution is 7.08. The molecule has 0 aliphatic carbocycles. The van der Waals surface area contributed by atoms with Crippen LogP contribution < -0.4 is 10.1 Å². The van der Waals surface area contributed by atoms with E-state index >= 15 is 0 Å². The van der Waals surface area contributed by atoms with Gasteiger partial charge < -0.3 is 10.1 Å². The molecule has 0 saturated carbocycles. The van der Waals surface area contributed by atoms with Crippen molar-refractivity contribution in [2.24, 2.45) is 0 Å². The van der Waals surface area contributed by atoms with Crippen molar-refractivity contribution < 1.29 is 4.74 Å². The summed E-state index contributed by atoms with van der Waals surface area (Å²) < 4.78 is 7.58. The van der Waals surface area contributed by atoms with Gasteiger partial charge in [0.25, 0.3) is 0 Å². The fraction of sp³-hybridized carbons (Fsp3) is 0.533. The first kappa shape index (κ1) is 15.1. The average Bonchev–Trinajstić information content (AvgIpc) is 3.03. The van der Waals surface area contributed by atoms with Crippen LogP contribution in [0.5, 0.6) is 5.75 Å². The monoisotopic (exact) mass is 293 g/mol. The zero-order chi connectivity index (χ0) is 14.5. The second kappa shape index (κ2) is 6.90. The fourth-order valence-electron chi connectivity index (χ4n) is 2.44. The van der Waals surface area contributed by atoms with E-state index in [0.717, 1.165) is 31.0 Å². The number of methoxy groups -OCH3 is 1. The molecule has 4 nitrogen and oxygen atoms in total. The molecule has 2 aromatic heterocycles. The van der Waals surface area contributed by atoms with Crippen LogP contribution in [0.25, 0.3) is 0 Å². The van der Waals surface area contributed by atoms with E-state index in [0.29, 0.717) is 0 Å². The van der Waals surface area contributed by atoms with Crippen molar-refractivity contribution in [3.63, 3.8) is 0 Å². The lowest BCUT2D eigenvalue weighted by molar-refractivity contribution is 0.398. The third-order valence-electron chi connectivity index (χ3n) is 3.39. The van der Waals surface area contributed by atoms with Crippen molar-refractivity contribution in [1.82, 2.24) is 15.1 Å². The SMILES string of the molecule is CCCn1ncc(OC)c1C(NCC)c1cscc1C. The number of aryl methyl sites for hydroxylation is 2. The summed E-state index contributed by atoms with van der Waals surface area (Å²) in [6.45, 7) is 8.26. The molecule has 0 aromatic carbocycles. The largest absolute Gasteiger partial charge is 0.493 e. The molecule has 0 aliphatic rings. The first-order valence-electron chi connectivity index (χ1n) is 7.08. The van der Waals surface area contributed by atoms with Gasteiger partial charge in [0, 0.05) is 6.54 Å². The molecule has 2 aromatic rings. The number of hydrogen-bond donors (Lipinski definition) is 1. The summed E-state index contributed by atoms with van der Waals surface area (Å²) in [5.74, 6) is 0.856. The second-order valence-corrected chi connectivity index (χ2v) is 5.57. The number of nitrogens with zero attached hydrogens (tertiary/aromatic N) is 2. The van der Waals surface area contributed by atoms with Gasteiger partial charge in [0.2, 0.25) is 0 Å². The highest BCUT2D eigenvalue weighted by atomic mass is 32.1. The highest BCUT2D eigenvalue weighted by Crippen LogP contribution is 2.33. The van der Waals surface area contributed by atoms with E-state index in [-0.39, 0.29) is 6.04 Å². The van der Waals surface area contributed by atoms with Crippen molar-refractivity contribution >= 4 is 11.3 Å². The van der Waals surface area contributed by atoms with Crippen LogP contribution in [0.2, 0.25) is 0 Å². The van der Waals surface area contributed by atoms with Crippen LogP contribution in [-0.2, 0) is 6.54 Å². The number of ether oxygens (including phenoxy) is 1. The maximum Gasteiger partial charge on any atom is 0.161 e. The van der Waals surface area contributed by atoms with E-state index < -0.39 is 0 Å². The van der Waals surface area contributed by atoms with E-state index in [1.54, 1.807) is 18.4 Å². The number of nitrogens with one attached hydrogen (secondary N) is 1. The van der Waals surface area contributed by atoms with Crippen LogP contribution in [-0.4, -0.2) is 23.4 Å². The quantitative estimate of drug-likeness (QED) is 0.850. The van der Waals surface area contributed by atoms with Gasteiger partial charge in [-0.1, -0.05) is 13.8 Å². The van der Waals surface area contributed by atoms with Crippen LogP contribution in [0.15, 0.2) is 17.0 Å². The molecule has 0 bridgehead atoms. The zero-order valence-corrected chi connectivity index (χ0v) is 13.5. The first-order chi connectivity index (χ1) is 9.72. The molecule has 2 rings (SSSR count). The Labute approximate surface area is 124 Å². The van der Waals surface area contributed by atoms with Crippen LogP contribution in [0.3, 0.4) is 0 Å². The molecule has 0 fully saturated rings. The normalized spacial score (nSPS) is 12.6. The van der Waals surface area contributed by atoms with E-state index in [9.17, 15) is 0 Å². The summed E-state index contributed by atoms with van der Waals surface area (Å²) in [5, 5.41) is 12.4. The minimum absolute atomic E-state index is 0.134. The maximum atomic E-state index is 5.52. The number of aromatic nitrogens is 2. The highest BCUT2D eigenvalue weighted by Gasteiger charge is 2.24. The standard InChI is InChI=1S/C15H23N3OS/c1-5-7-18-15(13(19-4)8-17-18)14(16-6-2)12-10-20-9-11(12)3/h8-10,14,16H,5-7H2,1-4H3. The predicted molar refractivity (Wildman–Crippen MR) is 83.6 cm³/mol. The Morgan fingerprint density at radius 3 is 2.75 bits per heavy atom. The molecule has 0 spiro atoms. The maximum absolute atomic E-state index is 5.52. The summed E-state index contributed by atoms with van der Waals surface area (Å²) in [5.41, 5.74) is 3.75. The van der Waals surface area contributed by atoms with Gasteiger partial charge in [-0.15, -0.1) is 0 Å². The fourth-order valence-corrected chi connectivity index (χ4v) is 3.32. The van der Waals surface area contributed by atoms with Gasteiger partial charge in [-0.25, -0.2) is 0 Å². The topological polar surface area (TPSA) is 39.1 Å². The van der Waals surface area contributed by atoms with Gasteiger partial charge in [0.05, 0.1) is 19.3 Å². The van der Waals surface area contributed by atoms with E-state index in [2.05, 4.69) is 46.6 Å². The smallest absolute Gasteiger partial charge is 0.161 e. The third-order valence-corrected chi connectivity index (χ3v) is 4.27. The molecule has 1 atom stereocenters. The molecule has 0 amide bonds. The average molecular weight is 293 g/mol. The number of rotatable bonds is 7. The third kappa shape index (κ3) is 2.88. The van der Waals surface area contributed by atoms with Gasteiger partial charge >= 0.3 is 0 Å². The molecule has 0 aliphatic heterocycles. The Hall–Kier alpha value is -1.33.